The van der Waals surface area contributed by atoms with Crippen LogP contribution in [0.4, 0.5) is 26.3 Å². The molecular formula is C12H11F6NO2. The number of halogens is 6. The number of hydrogen-bond donors (Lipinski definition) is 1. The van der Waals surface area contributed by atoms with Gasteiger partial charge in [0.05, 0.1) is 18.2 Å². The zero-order valence-electron chi connectivity index (χ0n) is 10.7. The monoisotopic (exact) mass is 315 g/mol. The molecule has 1 rings (SSSR count). The molecule has 2 N–H and O–H groups in total. The maximum Gasteiger partial charge on any atom is 0.416 e. The van der Waals surface area contributed by atoms with Gasteiger partial charge < -0.3 is 10.5 Å². The van der Waals surface area contributed by atoms with Gasteiger partial charge in [-0.2, -0.15) is 26.3 Å². The SMILES string of the molecule is COC(=O)[C@H](N)Cc1cc(C(F)(F)F)cc(C(F)(F)F)c1. The quantitative estimate of drug-likeness (QED) is 0.689. The van der Waals surface area contributed by atoms with E-state index in [0.29, 0.717) is 12.1 Å². The van der Waals surface area contributed by atoms with E-state index in [0.717, 1.165) is 7.11 Å². The minimum atomic E-state index is -4.94. The molecule has 0 aromatic heterocycles. The minimum Gasteiger partial charge on any atom is -0.468 e. The Bertz CT molecular complexity index is 491. The van der Waals surface area contributed by atoms with Gasteiger partial charge in [0.15, 0.2) is 0 Å². The van der Waals surface area contributed by atoms with Crippen molar-refractivity contribution in [3.05, 3.63) is 34.9 Å². The van der Waals surface area contributed by atoms with Crippen molar-refractivity contribution in [3.8, 4) is 0 Å². The van der Waals surface area contributed by atoms with E-state index in [-0.39, 0.29) is 11.6 Å². The summed E-state index contributed by atoms with van der Waals surface area (Å²) in [5.41, 5.74) is 2.08. The van der Waals surface area contributed by atoms with Gasteiger partial charge in [0.1, 0.15) is 6.04 Å². The summed E-state index contributed by atoms with van der Waals surface area (Å²) in [6.45, 7) is 0. The summed E-state index contributed by atoms with van der Waals surface area (Å²) >= 11 is 0. The van der Waals surface area contributed by atoms with Gasteiger partial charge in [0.25, 0.3) is 0 Å². The average Bonchev–Trinajstić information content (AvgIpc) is 2.35. The van der Waals surface area contributed by atoms with Crippen LogP contribution < -0.4 is 5.73 Å². The molecule has 0 aliphatic rings. The smallest absolute Gasteiger partial charge is 0.416 e. The van der Waals surface area contributed by atoms with Crippen LogP contribution in [0.3, 0.4) is 0 Å². The molecule has 0 bridgehead atoms. The van der Waals surface area contributed by atoms with Crippen molar-refractivity contribution >= 4 is 5.97 Å². The highest BCUT2D eigenvalue weighted by Gasteiger charge is 2.37. The van der Waals surface area contributed by atoms with Crippen LogP contribution in [0.2, 0.25) is 0 Å². The first-order valence-electron chi connectivity index (χ1n) is 5.57. The van der Waals surface area contributed by atoms with Gasteiger partial charge in [0.2, 0.25) is 0 Å². The van der Waals surface area contributed by atoms with E-state index in [4.69, 9.17) is 5.73 Å². The van der Waals surface area contributed by atoms with E-state index in [1.807, 2.05) is 0 Å². The highest BCUT2D eigenvalue weighted by Crippen LogP contribution is 2.36. The fourth-order valence-corrected chi connectivity index (χ4v) is 1.63. The Hall–Kier alpha value is -1.77. The van der Waals surface area contributed by atoms with Crippen molar-refractivity contribution < 1.29 is 35.9 Å². The lowest BCUT2D eigenvalue weighted by molar-refractivity contribution is -0.143. The number of rotatable bonds is 3. The summed E-state index contributed by atoms with van der Waals surface area (Å²) in [6.07, 6.45) is -10.4. The van der Waals surface area contributed by atoms with Crippen LogP contribution in [0.15, 0.2) is 18.2 Å². The topological polar surface area (TPSA) is 52.3 Å². The summed E-state index contributed by atoms with van der Waals surface area (Å²) in [5.74, 6) is -0.930. The van der Waals surface area contributed by atoms with E-state index in [1.54, 1.807) is 0 Å². The molecule has 21 heavy (non-hydrogen) atoms. The number of hydrogen-bond acceptors (Lipinski definition) is 3. The first kappa shape index (κ1) is 17.3. The van der Waals surface area contributed by atoms with Gasteiger partial charge in [-0.25, -0.2) is 0 Å². The molecule has 1 aromatic carbocycles. The van der Waals surface area contributed by atoms with Crippen LogP contribution in [0.25, 0.3) is 0 Å². The first-order chi connectivity index (χ1) is 9.45. The normalized spacial score (nSPS) is 13.9. The highest BCUT2D eigenvalue weighted by molar-refractivity contribution is 5.75. The Kier molecular flexibility index (Phi) is 4.87. The van der Waals surface area contributed by atoms with E-state index >= 15 is 0 Å². The maximum atomic E-state index is 12.6. The van der Waals surface area contributed by atoms with Gasteiger partial charge in [0, 0.05) is 0 Å². The molecule has 1 aromatic rings. The van der Waals surface area contributed by atoms with Crippen LogP contribution in [-0.4, -0.2) is 19.1 Å². The van der Waals surface area contributed by atoms with Crippen molar-refractivity contribution in [1.82, 2.24) is 0 Å². The first-order valence-corrected chi connectivity index (χ1v) is 5.57. The Morgan fingerprint density at radius 3 is 1.86 bits per heavy atom. The van der Waals surface area contributed by atoms with Gasteiger partial charge in [-0.05, 0) is 30.2 Å². The minimum absolute atomic E-state index is 0.00711. The van der Waals surface area contributed by atoms with Crippen molar-refractivity contribution in [1.29, 1.82) is 0 Å². The third kappa shape index (κ3) is 4.62. The van der Waals surface area contributed by atoms with E-state index in [2.05, 4.69) is 4.74 Å². The number of benzene rings is 1. The van der Waals surface area contributed by atoms with Crippen LogP contribution in [-0.2, 0) is 28.3 Å². The van der Waals surface area contributed by atoms with Crippen LogP contribution in [0.5, 0.6) is 0 Å². The second-order valence-corrected chi connectivity index (χ2v) is 4.25. The zero-order chi connectivity index (χ0) is 16.4. The fourth-order valence-electron chi connectivity index (χ4n) is 1.63. The van der Waals surface area contributed by atoms with E-state index in [9.17, 15) is 31.1 Å². The molecule has 0 spiro atoms. The number of methoxy groups -OCH3 is 1. The van der Waals surface area contributed by atoms with E-state index in [1.165, 1.54) is 0 Å². The van der Waals surface area contributed by atoms with Crippen LogP contribution in [0, 0.1) is 0 Å². The molecule has 0 amide bonds. The molecule has 118 valence electrons. The van der Waals surface area contributed by atoms with Crippen molar-refractivity contribution in [2.45, 2.75) is 24.8 Å². The van der Waals surface area contributed by atoms with E-state index < -0.39 is 41.9 Å². The van der Waals surface area contributed by atoms with Gasteiger partial charge >= 0.3 is 18.3 Å². The van der Waals surface area contributed by atoms with Crippen molar-refractivity contribution in [3.63, 3.8) is 0 Å². The molecule has 0 saturated carbocycles. The summed E-state index contributed by atoms with van der Waals surface area (Å²) in [6, 6.07) is -0.289. The zero-order valence-corrected chi connectivity index (χ0v) is 10.7. The second kappa shape index (κ2) is 5.92. The molecule has 0 aliphatic carbocycles. The van der Waals surface area contributed by atoms with Crippen molar-refractivity contribution in [2.75, 3.05) is 7.11 Å². The summed E-state index contributed by atoms with van der Waals surface area (Å²) in [7, 11) is 1.01. The number of alkyl halides is 6. The Labute approximate surface area is 115 Å². The molecule has 0 radical (unpaired) electrons. The Morgan fingerprint density at radius 1 is 1.10 bits per heavy atom. The third-order valence-electron chi connectivity index (χ3n) is 2.61. The summed E-state index contributed by atoms with van der Waals surface area (Å²) < 4.78 is 79.9. The van der Waals surface area contributed by atoms with Gasteiger partial charge in [-0.3, -0.25) is 4.79 Å². The molecular weight excluding hydrogens is 304 g/mol. The molecule has 9 heteroatoms. The largest absolute Gasteiger partial charge is 0.468 e. The second-order valence-electron chi connectivity index (χ2n) is 4.25. The number of esters is 1. The van der Waals surface area contributed by atoms with Gasteiger partial charge in [-0.15, -0.1) is 0 Å². The lowest BCUT2D eigenvalue weighted by atomic mass is 10.00. The molecule has 1 atom stereocenters. The lowest BCUT2D eigenvalue weighted by Crippen LogP contribution is -2.33. The molecule has 0 heterocycles. The predicted molar refractivity (Wildman–Crippen MR) is 60.1 cm³/mol. The highest BCUT2D eigenvalue weighted by atomic mass is 19.4. The lowest BCUT2D eigenvalue weighted by Gasteiger charge is -2.15. The predicted octanol–water partition coefficient (Wildman–Crippen LogP) is 2.77. The number of carbonyl (C=O) groups excluding carboxylic acids is 1. The van der Waals surface area contributed by atoms with Crippen LogP contribution >= 0.6 is 0 Å². The molecule has 0 unspecified atom stereocenters. The third-order valence-corrected chi connectivity index (χ3v) is 2.61. The molecule has 0 aliphatic heterocycles. The van der Waals surface area contributed by atoms with Crippen molar-refractivity contribution in [2.24, 2.45) is 5.73 Å². The van der Waals surface area contributed by atoms with Gasteiger partial charge in [-0.1, -0.05) is 0 Å². The summed E-state index contributed by atoms with van der Waals surface area (Å²) in [4.78, 5) is 11.1. The molecule has 0 saturated heterocycles. The summed E-state index contributed by atoms with van der Waals surface area (Å²) in [5, 5.41) is 0. The standard InChI is InChI=1S/C12H11F6NO2/c1-21-10(20)9(19)4-6-2-7(11(13,14)15)5-8(3-6)12(16,17)18/h2-3,5,9H,4,19H2,1H3/t9-/m1/s1. The fraction of sp³-hybridized carbons (Fsp3) is 0.417. The maximum absolute atomic E-state index is 12.6. The number of nitrogens with two attached hydrogens (primary N) is 1. The van der Waals surface area contributed by atoms with Crippen LogP contribution in [0.1, 0.15) is 16.7 Å². The molecule has 3 nitrogen and oxygen atoms in total. The Morgan fingerprint density at radius 2 is 1.52 bits per heavy atom. The number of ether oxygens (including phenoxy) is 1. The Balaban J connectivity index is 3.23. The molecule has 0 fully saturated rings. The average molecular weight is 315 g/mol. The number of carbonyl (C=O) groups is 1.